The number of rotatable bonds is 1. The average molecular weight is 227 g/mol. The topological polar surface area (TPSA) is 29.1 Å². The van der Waals surface area contributed by atoms with Crippen molar-refractivity contribution in [3.8, 4) is 0 Å². The van der Waals surface area contributed by atoms with E-state index in [1.54, 1.807) is 12.1 Å². The van der Waals surface area contributed by atoms with Gasteiger partial charge in [0.05, 0.1) is 0 Å². The van der Waals surface area contributed by atoms with Gasteiger partial charge in [-0.2, -0.15) is 0 Å². The molecule has 1 heterocycles. The molecule has 1 aromatic rings. The predicted octanol–water partition coefficient (Wildman–Crippen LogP) is 1.61. The van der Waals surface area contributed by atoms with Gasteiger partial charge < -0.3 is 5.32 Å². The van der Waals surface area contributed by atoms with Crippen molar-refractivity contribution in [1.82, 2.24) is 5.32 Å². The van der Waals surface area contributed by atoms with E-state index in [0.29, 0.717) is 5.75 Å². The SMILES string of the molecule is O=S1CCCNC(c2ccc(F)cc2)C1. The molecule has 0 bridgehead atoms. The summed E-state index contributed by atoms with van der Waals surface area (Å²) < 4.78 is 24.3. The minimum Gasteiger partial charge on any atom is -0.309 e. The fourth-order valence-electron chi connectivity index (χ4n) is 1.75. The van der Waals surface area contributed by atoms with Gasteiger partial charge in [0.2, 0.25) is 0 Å². The van der Waals surface area contributed by atoms with Gasteiger partial charge in [0.25, 0.3) is 0 Å². The summed E-state index contributed by atoms with van der Waals surface area (Å²) in [6, 6.07) is 6.52. The number of nitrogens with one attached hydrogen (secondary N) is 1. The van der Waals surface area contributed by atoms with E-state index in [0.717, 1.165) is 24.3 Å². The molecule has 1 aliphatic rings. The lowest BCUT2D eigenvalue weighted by Gasteiger charge is -2.15. The molecular weight excluding hydrogens is 213 g/mol. The third-order valence-corrected chi connectivity index (χ3v) is 4.01. The number of hydrogen-bond donors (Lipinski definition) is 1. The van der Waals surface area contributed by atoms with Crippen LogP contribution in [0.25, 0.3) is 0 Å². The predicted molar refractivity (Wildman–Crippen MR) is 59.6 cm³/mol. The normalized spacial score (nSPS) is 27.3. The summed E-state index contributed by atoms with van der Waals surface area (Å²) in [6.07, 6.45) is 0.949. The van der Waals surface area contributed by atoms with Crippen molar-refractivity contribution in [2.45, 2.75) is 12.5 Å². The van der Waals surface area contributed by atoms with E-state index in [-0.39, 0.29) is 11.9 Å². The minimum absolute atomic E-state index is 0.105. The van der Waals surface area contributed by atoms with Crippen LogP contribution in [0.15, 0.2) is 24.3 Å². The molecule has 2 atom stereocenters. The van der Waals surface area contributed by atoms with Crippen LogP contribution in [0.1, 0.15) is 18.0 Å². The van der Waals surface area contributed by atoms with Gasteiger partial charge in [-0.15, -0.1) is 0 Å². The average Bonchev–Trinajstić information content (AvgIpc) is 2.44. The second-order valence-corrected chi connectivity index (χ2v) is 5.34. The summed E-state index contributed by atoms with van der Waals surface area (Å²) in [5, 5.41) is 3.33. The second-order valence-electron chi connectivity index (χ2n) is 3.72. The van der Waals surface area contributed by atoms with Crippen LogP contribution in [0.4, 0.5) is 4.39 Å². The van der Waals surface area contributed by atoms with Crippen LogP contribution in [-0.4, -0.2) is 22.3 Å². The van der Waals surface area contributed by atoms with E-state index < -0.39 is 10.8 Å². The fraction of sp³-hybridized carbons (Fsp3) is 0.455. The zero-order valence-corrected chi connectivity index (χ0v) is 9.23. The van der Waals surface area contributed by atoms with Crippen LogP contribution < -0.4 is 5.32 Å². The zero-order chi connectivity index (χ0) is 10.7. The van der Waals surface area contributed by atoms with E-state index in [9.17, 15) is 8.60 Å². The quantitative estimate of drug-likeness (QED) is 0.789. The molecule has 0 aromatic heterocycles. The Hall–Kier alpha value is -0.740. The molecule has 2 nitrogen and oxygen atoms in total. The lowest BCUT2D eigenvalue weighted by Crippen LogP contribution is -2.23. The molecule has 4 heteroatoms. The van der Waals surface area contributed by atoms with Gasteiger partial charge in [-0.3, -0.25) is 4.21 Å². The highest BCUT2D eigenvalue weighted by Gasteiger charge is 2.17. The maximum absolute atomic E-state index is 12.7. The molecule has 1 fully saturated rings. The molecular formula is C11H14FNOS. The first-order valence-corrected chi connectivity index (χ1v) is 6.58. The van der Waals surface area contributed by atoms with Crippen molar-refractivity contribution in [1.29, 1.82) is 0 Å². The molecule has 1 saturated heterocycles. The minimum atomic E-state index is -0.750. The van der Waals surface area contributed by atoms with Gasteiger partial charge in [-0.1, -0.05) is 12.1 Å². The van der Waals surface area contributed by atoms with Crippen LogP contribution >= 0.6 is 0 Å². The van der Waals surface area contributed by atoms with Crippen LogP contribution in [0, 0.1) is 5.82 Å². The Morgan fingerprint density at radius 1 is 1.33 bits per heavy atom. The summed E-state index contributed by atoms with van der Waals surface area (Å²) in [6.45, 7) is 0.883. The standard InChI is InChI=1S/C11H14FNOS/c12-10-4-2-9(3-5-10)11-8-15(14)7-1-6-13-11/h2-5,11,13H,1,6-8H2. The molecule has 1 N–H and O–H groups in total. The van der Waals surface area contributed by atoms with Crippen LogP contribution in [0.5, 0.6) is 0 Å². The Kier molecular flexibility index (Phi) is 3.49. The highest BCUT2D eigenvalue weighted by Crippen LogP contribution is 2.17. The van der Waals surface area contributed by atoms with Crippen molar-refractivity contribution in [2.24, 2.45) is 0 Å². The zero-order valence-electron chi connectivity index (χ0n) is 8.41. The highest BCUT2D eigenvalue weighted by molar-refractivity contribution is 7.85. The first-order valence-electron chi connectivity index (χ1n) is 5.09. The molecule has 82 valence electrons. The number of benzene rings is 1. The Morgan fingerprint density at radius 3 is 2.80 bits per heavy atom. The number of halogens is 1. The molecule has 0 radical (unpaired) electrons. The maximum Gasteiger partial charge on any atom is 0.123 e. The van der Waals surface area contributed by atoms with Gasteiger partial charge in [0.15, 0.2) is 0 Å². The van der Waals surface area contributed by atoms with Crippen LogP contribution in [0.2, 0.25) is 0 Å². The van der Waals surface area contributed by atoms with Gasteiger partial charge in [0, 0.05) is 28.3 Å². The van der Waals surface area contributed by atoms with Crippen LogP contribution in [0.3, 0.4) is 0 Å². The van der Waals surface area contributed by atoms with Crippen molar-refractivity contribution in [3.05, 3.63) is 35.6 Å². The lowest BCUT2D eigenvalue weighted by molar-refractivity contribution is 0.583. The third kappa shape index (κ3) is 2.86. The van der Waals surface area contributed by atoms with Gasteiger partial charge in [-0.05, 0) is 30.7 Å². The smallest absolute Gasteiger partial charge is 0.123 e. The molecule has 0 spiro atoms. The summed E-state index contributed by atoms with van der Waals surface area (Å²) in [7, 11) is -0.750. The summed E-state index contributed by atoms with van der Waals surface area (Å²) in [5.41, 5.74) is 1.02. The highest BCUT2D eigenvalue weighted by atomic mass is 32.2. The summed E-state index contributed by atoms with van der Waals surface area (Å²) >= 11 is 0. The summed E-state index contributed by atoms with van der Waals surface area (Å²) in [5.74, 6) is 1.17. The monoisotopic (exact) mass is 227 g/mol. The van der Waals surface area contributed by atoms with E-state index in [1.807, 2.05) is 0 Å². The Balaban J connectivity index is 2.14. The van der Waals surface area contributed by atoms with E-state index in [1.165, 1.54) is 12.1 Å². The van der Waals surface area contributed by atoms with Crippen molar-refractivity contribution in [3.63, 3.8) is 0 Å². The molecule has 15 heavy (non-hydrogen) atoms. The Bertz CT molecular complexity index is 352. The first kappa shape index (κ1) is 10.8. The molecule has 0 amide bonds. The van der Waals surface area contributed by atoms with E-state index in [4.69, 9.17) is 0 Å². The van der Waals surface area contributed by atoms with Gasteiger partial charge in [-0.25, -0.2) is 4.39 Å². The first-order chi connectivity index (χ1) is 7.25. The van der Waals surface area contributed by atoms with E-state index in [2.05, 4.69) is 5.32 Å². The number of hydrogen-bond acceptors (Lipinski definition) is 2. The molecule has 1 aromatic carbocycles. The van der Waals surface area contributed by atoms with Gasteiger partial charge >= 0.3 is 0 Å². The summed E-state index contributed by atoms with van der Waals surface area (Å²) in [4.78, 5) is 0. The van der Waals surface area contributed by atoms with Crippen molar-refractivity contribution < 1.29 is 8.60 Å². The van der Waals surface area contributed by atoms with Crippen LogP contribution in [-0.2, 0) is 10.8 Å². The largest absolute Gasteiger partial charge is 0.309 e. The molecule has 2 rings (SSSR count). The second kappa shape index (κ2) is 4.86. The fourth-order valence-corrected chi connectivity index (χ4v) is 3.06. The third-order valence-electron chi connectivity index (χ3n) is 2.56. The Labute approximate surface area is 91.3 Å². The van der Waals surface area contributed by atoms with E-state index >= 15 is 0 Å². The molecule has 0 saturated carbocycles. The van der Waals surface area contributed by atoms with Crippen molar-refractivity contribution in [2.75, 3.05) is 18.1 Å². The molecule has 1 aliphatic heterocycles. The lowest BCUT2D eigenvalue weighted by atomic mass is 10.1. The molecule has 2 unspecified atom stereocenters. The Morgan fingerprint density at radius 2 is 2.07 bits per heavy atom. The van der Waals surface area contributed by atoms with Crippen molar-refractivity contribution >= 4 is 10.8 Å². The van der Waals surface area contributed by atoms with Gasteiger partial charge in [0.1, 0.15) is 5.82 Å². The molecule has 0 aliphatic carbocycles. The maximum atomic E-state index is 12.7.